The third-order valence-electron chi connectivity index (χ3n) is 4.63. The molecule has 3 unspecified atom stereocenters. The summed E-state index contributed by atoms with van der Waals surface area (Å²) in [5.74, 6) is 0. The molecular weight excluding hydrogens is 410 g/mol. The average Bonchev–Trinajstić information content (AvgIpc) is 3.11. The first-order valence-corrected chi connectivity index (χ1v) is 9.38. The van der Waals surface area contributed by atoms with Crippen LogP contribution in [0.15, 0.2) is 35.2 Å². The van der Waals surface area contributed by atoms with Crippen LogP contribution >= 0.6 is 0 Å². The number of ether oxygens (including phenoxy) is 1. The quantitative estimate of drug-likeness (QED) is 0.713. The second-order valence-corrected chi connectivity index (χ2v) is 8.76. The third-order valence-corrected chi connectivity index (χ3v) is 6.57. The van der Waals surface area contributed by atoms with E-state index in [9.17, 15) is 30.6 Å². The molecule has 0 radical (unpaired) electrons. The summed E-state index contributed by atoms with van der Waals surface area (Å²) in [6, 6.07) is 5.08. The van der Waals surface area contributed by atoms with Crippen molar-refractivity contribution in [3.05, 3.63) is 47.3 Å². The molecule has 0 aliphatic carbocycles. The maximum Gasteiger partial charge on any atom is 0.435 e. The van der Waals surface area contributed by atoms with E-state index in [0.29, 0.717) is 0 Å². The Balaban J connectivity index is 1.84. The molecule has 2 aromatic rings. The van der Waals surface area contributed by atoms with Crippen LogP contribution in [0.1, 0.15) is 42.8 Å². The van der Waals surface area contributed by atoms with Gasteiger partial charge in [0.25, 0.3) is 0 Å². The van der Waals surface area contributed by atoms with Gasteiger partial charge in [0.2, 0.25) is 0 Å². The van der Waals surface area contributed by atoms with Gasteiger partial charge in [-0.25, -0.2) is 0 Å². The first-order valence-electron chi connectivity index (χ1n) is 8.23. The fourth-order valence-corrected chi connectivity index (χ4v) is 4.63. The number of alkyl halides is 6. The smallest absolute Gasteiger partial charge is 0.372 e. The monoisotopic (exact) mass is 426 g/mol. The molecule has 28 heavy (non-hydrogen) atoms. The number of halogens is 6. The zero-order valence-corrected chi connectivity index (χ0v) is 15.3. The van der Waals surface area contributed by atoms with Crippen molar-refractivity contribution in [2.45, 2.75) is 47.9 Å². The van der Waals surface area contributed by atoms with Crippen molar-refractivity contribution in [1.29, 1.82) is 0 Å². The number of aromatic nitrogens is 2. The molecule has 4 nitrogen and oxygen atoms in total. The molecule has 154 valence electrons. The Hall–Kier alpha value is -1.88. The van der Waals surface area contributed by atoms with Gasteiger partial charge in [0.15, 0.2) is 5.69 Å². The minimum absolute atomic E-state index is 0.0126. The van der Waals surface area contributed by atoms with Crippen LogP contribution in [0.3, 0.4) is 0 Å². The van der Waals surface area contributed by atoms with Crippen LogP contribution in [-0.2, 0) is 27.9 Å². The fourth-order valence-electron chi connectivity index (χ4n) is 3.06. The lowest BCUT2D eigenvalue weighted by molar-refractivity contribution is -0.141. The second kappa shape index (κ2) is 7.18. The van der Waals surface area contributed by atoms with Crippen LogP contribution in [0.4, 0.5) is 26.3 Å². The molecule has 0 bridgehead atoms. The molecule has 1 fully saturated rings. The second-order valence-electron chi connectivity index (χ2n) is 6.76. The Morgan fingerprint density at radius 3 is 2.50 bits per heavy atom. The molecule has 3 rings (SSSR count). The van der Waals surface area contributed by atoms with Crippen LogP contribution < -0.4 is 0 Å². The lowest BCUT2D eigenvalue weighted by Gasteiger charge is -2.37. The predicted molar refractivity (Wildman–Crippen MR) is 87.8 cm³/mol. The standard InChI is InChI=1S/C17H16F6N2O2S/c1-15(28(26)11-4-2-3-10(7-11)16(18,19)20)5-6-27-13(9-15)12-8-14(25-24-12)17(21,22)23/h2-4,7-8,13H,5-6,9H2,1H3,(H,24,25). The van der Waals surface area contributed by atoms with Gasteiger partial charge in [-0.05, 0) is 44.0 Å². The highest BCUT2D eigenvalue weighted by atomic mass is 32.2. The zero-order chi connectivity index (χ0) is 20.7. The Bertz CT molecular complexity index is 879. The Kier molecular flexibility index (Phi) is 5.34. The number of aromatic amines is 1. The summed E-state index contributed by atoms with van der Waals surface area (Å²) in [6.45, 7) is 1.73. The van der Waals surface area contributed by atoms with Crippen molar-refractivity contribution in [2.24, 2.45) is 0 Å². The van der Waals surface area contributed by atoms with Gasteiger partial charge in [-0.2, -0.15) is 31.4 Å². The molecule has 1 aliphatic heterocycles. The maximum absolute atomic E-state index is 13.0. The van der Waals surface area contributed by atoms with Crippen molar-refractivity contribution >= 4 is 10.8 Å². The fraction of sp³-hybridized carbons (Fsp3) is 0.471. The predicted octanol–water partition coefficient (Wildman–Crippen LogP) is 4.87. The highest BCUT2D eigenvalue weighted by Gasteiger charge is 2.42. The van der Waals surface area contributed by atoms with Crippen LogP contribution in [0.2, 0.25) is 0 Å². The van der Waals surface area contributed by atoms with Crippen molar-refractivity contribution < 1.29 is 35.3 Å². The van der Waals surface area contributed by atoms with Gasteiger partial charge in [0.1, 0.15) is 6.10 Å². The number of H-pyrrole nitrogens is 1. The molecule has 0 amide bonds. The Morgan fingerprint density at radius 2 is 1.89 bits per heavy atom. The molecule has 1 aliphatic rings. The molecule has 1 saturated heterocycles. The SMILES string of the molecule is CC1(S(=O)c2cccc(C(F)(F)F)c2)CCOC(c2cc(C(F)(F)F)n[nH]2)C1. The van der Waals surface area contributed by atoms with Gasteiger partial charge >= 0.3 is 12.4 Å². The Labute approximate surface area is 158 Å². The van der Waals surface area contributed by atoms with Crippen molar-refractivity contribution in [3.8, 4) is 0 Å². The topological polar surface area (TPSA) is 55.0 Å². The summed E-state index contributed by atoms with van der Waals surface area (Å²) in [4.78, 5) is 0.0126. The molecule has 1 N–H and O–H groups in total. The number of nitrogens with one attached hydrogen (secondary N) is 1. The highest BCUT2D eigenvalue weighted by molar-refractivity contribution is 7.86. The lowest BCUT2D eigenvalue weighted by atomic mass is 9.95. The number of hydrogen-bond acceptors (Lipinski definition) is 3. The zero-order valence-electron chi connectivity index (χ0n) is 14.5. The van der Waals surface area contributed by atoms with E-state index < -0.39 is 45.3 Å². The van der Waals surface area contributed by atoms with Crippen molar-refractivity contribution in [3.63, 3.8) is 0 Å². The molecule has 0 saturated carbocycles. The van der Waals surface area contributed by atoms with E-state index in [1.807, 2.05) is 0 Å². The normalized spacial score (nSPS) is 24.9. The Morgan fingerprint density at radius 1 is 1.18 bits per heavy atom. The first-order chi connectivity index (χ1) is 12.9. The van der Waals surface area contributed by atoms with Gasteiger partial charge in [0.05, 0.1) is 26.8 Å². The molecule has 2 heterocycles. The summed E-state index contributed by atoms with van der Waals surface area (Å²) in [6.07, 6.45) is -9.66. The number of rotatable bonds is 3. The van der Waals surface area contributed by atoms with Gasteiger partial charge < -0.3 is 4.74 Å². The molecule has 1 aromatic heterocycles. The van der Waals surface area contributed by atoms with Crippen LogP contribution in [0.25, 0.3) is 0 Å². The number of benzene rings is 1. The van der Waals surface area contributed by atoms with E-state index in [-0.39, 0.29) is 30.0 Å². The molecule has 3 atom stereocenters. The minimum atomic E-state index is -4.62. The van der Waals surface area contributed by atoms with Gasteiger partial charge in [-0.1, -0.05) is 6.07 Å². The van der Waals surface area contributed by atoms with E-state index in [4.69, 9.17) is 4.74 Å². The summed E-state index contributed by atoms with van der Waals surface area (Å²) < 4.78 is 94.6. The minimum Gasteiger partial charge on any atom is -0.372 e. The van der Waals surface area contributed by atoms with Crippen LogP contribution in [0, 0.1) is 0 Å². The molecule has 1 aromatic carbocycles. The lowest BCUT2D eigenvalue weighted by Crippen LogP contribution is -2.39. The van der Waals surface area contributed by atoms with Crippen molar-refractivity contribution in [2.75, 3.05) is 6.61 Å². The summed E-state index contributed by atoms with van der Waals surface area (Å²) in [5.41, 5.74) is -1.93. The summed E-state index contributed by atoms with van der Waals surface area (Å²) in [5, 5.41) is 5.51. The summed E-state index contributed by atoms with van der Waals surface area (Å²) >= 11 is 0. The van der Waals surface area contributed by atoms with Crippen LogP contribution in [-0.4, -0.2) is 25.8 Å². The molecule has 0 spiro atoms. The van der Waals surface area contributed by atoms with E-state index in [1.54, 1.807) is 6.92 Å². The van der Waals surface area contributed by atoms with E-state index in [1.165, 1.54) is 12.1 Å². The third kappa shape index (κ3) is 4.24. The van der Waals surface area contributed by atoms with Crippen molar-refractivity contribution in [1.82, 2.24) is 10.2 Å². The molecule has 11 heteroatoms. The van der Waals surface area contributed by atoms with Gasteiger partial charge in [-0.3, -0.25) is 9.31 Å². The maximum atomic E-state index is 13.0. The average molecular weight is 426 g/mol. The van der Waals surface area contributed by atoms with Gasteiger partial charge in [-0.15, -0.1) is 0 Å². The van der Waals surface area contributed by atoms with Crippen LogP contribution in [0.5, 0.6) is 0 Å². The first kappa shape index (κ1) is 20.8. The van der Waals surface area contributed by atoms with E-state index >= 15 is 0 Å². The number of hydrogen-bond donors (Lipinski definition) is 1. The number of nitrogens with zero attached hydrogens (tertiary/aromatic N) is 1. The highest BCUT2D eigenvalue weighted by Crippen LogP contribution is 2.41. The molecular formula is C17H16F6N2O2S. The largest absolute Gasteiger partial charge is 0.435 e. The van der Waals surface area contributed by atoms with E-state index in [2.05, 4.69) is 10.2 Å². The summed E-state index contributed by atoms with van der Waals surface area (Å²) in [7, 11) is -1.82. The van der Waals surface area contributed by atoms with E-state index in [0.717, 1.165) is 18.2 Å². The van der Waals surface area contributed by atoms with Gasteiger partial charge in [0, 0.05) is 11.5 Å².